The summed E-state index contributed by atoms with van der Waals surface area (Å²) in [5.74, 6) is -4.22. The molecule has 0 saturated heterocycles. The molecule has 6 heteroatoms. The van der Waals surface area contributed by atoms with E-state index in [9.17, 15) is 18.4 Å². The van der Waals surface area contributed by atoms with Crippen molar-refractivity contribution in [2.75, 3.05) is 6.54 Å². The number of carbonyl (C=O) groups excluding carboxylic acids is 1. The summed E-state index contributed by atoms with van der Waals surface area (Å²) in [7, 11) is 0. The molecule has 0 spiro atoms. The highest BCUT2D eigenvalue weighted by Gasteiger charge is 2.19. The van der Waals surface area contributed by atoms with Crippen LogP contribution in [0.15, 0.2) is 18.2 Å². The number of hydrogen-bond donors (Lipinski definition) is 2. The van der Waals surface area contributed by atoms with Crippen LogP contribution in [-0.4, -0.2) is 23.5 Å². The Morgan fingerprint density at radius 1 is 1.37 bits per heavy atom. The predicted octanol–water partition coefficient (Wildman–Crippen LogP) is 2.20. The summed E-state index contributed by atoms with van der Waals surface area (Å²) >= 11 is 0. The van der Waals surface area contributed by atoms with Crippen LogP contribution in [0.2, 0.25) is 0 Å². The van der Waals surface area contributed by atoms with Crippen molar-refractivity contribution < 1.29 is 23.5 Å². The third-order valence-electron chi connectivity index (χ3n) is 2.67. The molecule has 4 nitrogen and oxygen atoms in total. The summed E-state index contributed by atoms with van der Waals surface area (Å²) in [5.41, 5.74) is -0.304. The minimum atomic E-state index is -1.01. The lowest BCUT2D eigenvalue weighted by Gasteiger charge is -2.12. The summed E-state index contributed by atoms with van der Waals surface area (Å²) in [4.78, 5) is 22.5. The first-order valence-corrected chi connectivity index (χ1v) is 5.91. The molecule has 19 heavy (non-hydrogen) atoms. The third kappa shape index (κ3) is 4.31. The summed E-state index contributed by atoms with van der Waals surface area (Å²) in [5, 5.41) is 11.2. The molecule has 0 aliphatic rings. The maximum Gasteiger partial charge on any atom is 0.308 e. The van der Waals surface area contributed by atoms with Crippen LogP contribution >= 0.6 is 0 Å². The number of nitrogens with one attached hydrogen (secondary N) is 1. The summed E-state index contributed by atoms with van der Waals surface area (Å²) in [6, 6.07) is 2.60. The van der Waals surface area contributed by atoms with E-state index in [1.54, 1.807) is 0 Å². The quantitative estimate of drug-likeness (QED) is 0.833. The number of benzene rings is 1. The van der Waals surface area contributed by atoms with Crippen molar-refractivity contribution >= 4 is 11.9 Å². The molecule has 0 aliphatic carbocycles. The van der Waals surface area contributed by atoms with Gasteiger partial charge in [0.25, 0.3) is 5.91 Å². The van der Waals surface area contributed by atoms with Crippen LogP contribution in [-0.2, 0) is 4.79 Å². The second-order valence-corrected chi connectivity index (χ2v) is 4.16. The average Bonchev–Trinajstić information content (AvgIpc) is 2.33. The summed E-state index contributed by atoms with van der Waals surface area (Å²) < 4.78 is 26.0. The first-order chi connectivity index (χ1) is 8.95. The van der Waals surface area contributed by atoms with Crippen molar-refractivity contribution in [3.05, 3.63) is 35.4 Å². The molecule has 1 unspecified atom stereocenters. The molecule has 0 aromatic heterocycles. The minimum absolute atomic E-state index is 0.0845. The van der Waals surface area contributed by atoms with Gasteiger partial charge in [-0.15, -0.1) is 0 Å². The largest absolute Gasteiger partial charge is 0.481 e. The Hall–Kier alpha value is -1.98. The summed E-state index contributed by atoms with van der Waals surface area (Å²) in [6.07, 6.45) is 1.08. The monoisotopic (exact) mass is 271 g/mol. The number of aliphatic carboxylic acids is 1. The fourth-order valence-electron chi connectivity index (χ4n) is 1.65. The average molecular weight is 271 g/mol. The topological polar surface area (TPSA) is 66.4 Å². The Morgan fingerprint density at radius 3 is 2.58 bits per heavy atom. The van der Waals surface area contributed by atoms with Gasteiger partial charge < -0.3 is 10.4 Å². The number of carboxylic acids is 1. The number of carboxylic acid groups (broad SMARTS) is 1. The number of hydrogen-bond acceptors (Lipinski definition) is 2. The van der Waals surface area contributed by atoms with E-state index in [-0.39, 0.29) is 12.1 Å². The van der Waals surface area contributed by atoms with Crippen LogP contribution < -0.4 is 5.32 Å². The molecule has 0 fully saturated rings. The molecule has 0 bridgehead atoms. The lowest BCUT2D eigenvalue weighted by Crippen LogP contribution is -2.33. The molecular weight excluding hydrogens is 256 g/mol. The second kappa shape index (κ2) is 6.82. The van der Waals surface area contributed by atoms with Gasteiger partial charge in [-0.3, -0.25) is 9.59 Å². The van der Waals surface area contributed by atoms with Crippen molar-refractivity contribution in [2.45, 2.75) is 19.8 Å². The van der Waals surface area contributed by atoms with Crippen molar-refractivity contribution in [3.8, 4) is 0 Å². The lowest BCUT2D eigenvalue weighted by atomic mass is 10.0. The van der Waals surface area contributed by atoms with Gasteiger partial charge in [-0.05, 0) is 18.6 Å². The number of halogens is 2. The van der Waals surface area contributed by atoms with Gasteiger partial charge in [-0.2, -0.15) is 0 Å². The second-order valence-electron chi connectivity index (χ2n) is 4.16. The highest BCUT2D eigenvalue weighted by Crippen LogP contribution is 2.10. The molecular formula is C13H15F2NO3. The van der Waals surface area contributed by atoms with Crippen molar-refractivity contribution in [1.82, 2.24) is 5.32 Å². The molecule has 1 rings (SSSR count). The van der Waals surface area contributed by atoms with E-state index in [1.165, 1.54) is 0 Å². The zero-order valence-electron chi connectivity index (χ0n) is 10.5. The van der Waals surface area contributed by atoms with Gasteiger partial charge in [0.1, 0.15) is 11.6 Å². The van der Waals surface area contributed by atoms with Crippen LogP contribution in [0.4, 0.5) is 8.78 Å². The highest BCUT2D eigenvalue weighted by molar-refractivity contribution is 5.94. The van der Waals surface area contributed by atoms with E-state index >= 15 is 0 Å². The smallest absolute Gasteiger partial charge is 0.308 e. The van der Waals surface area contributed by atoms with Crippen LogP contribution in [0.5, 0.6) is 0 Å². The SMILES string of the molecule is CCCC(CNC(=O)c1ccc(F)cc1F)C(=O)O. The molecule has 1 atom stereocenters. The Kier molecular flexibility index (Phi) is 5.41. The standard InChI is InChI=1S/C13H15F2NO3/c1-2-3-8(13(18)19)7-16-12(17)10-5-4-9(14)6-11(10)15/h4-6,8H,2-3,7H2,1H3,(H,16,17)(H,18,19). The first-order valence-electron chi connectivity index (χ1n) is 5.91. The van der Waals surface area contributed by atoms with E-state index in [0.717, 1.165) is 12.1 Å². The molecule has 0 radical (unpaired) electrons. The van der Waals surface area contributed by atoms with Crippen molar-refractivity contribution in [2.24, 2.45) is 5.92 Å². The highest BCUT2D eigenvalue weighted by atomic mass is 19.1. The van der Waals surface area contributed by atoms with Crippen LogP contribution in [0, 0.1) is 17.6 Å². The maximum atomic E-state index is 13.3. The fraction of sp³-hybridized carbons (Fsp3) is 0.385. The molecule has 2 N–H and O–H groups in total. The predicted molar refractivity (Wildman–Crippen MR) is 64.7 cm³/mol. The van der Waals surface area contributed by atoms with Crippen LogP contribution in [0.25, 0.3) is 0 Å². The minimum Gasteiger partial charge on any atom is -0.481 e. The van der Waals surface area contributed by atoms with Gasteiger partial charge in [-0.25, -0.2) is 8.78 Å². The van der Waals surface area contributed by atoms with Crippen LogP contribution in [0.1, 0.15) is 30.1 Å². The Morgan fingerprint density at radius 2 is 2.05 bits per heavy atom. The summed E-state index contributed by atoms with van der Waals surface area (Å²) in [6.45, 7) is 1.75. The maximum absolute atomic E-state index is 13.3. The molecule has 0 aliphatic heterocycles. The molecule has 1 amide bonds. The van der Waals surface area contributed by atoms with Gasteiger partial charge >= 0.3 is 5.97 Å². The van der Waals surface area contributed by atoms with Gasteiger partial charge in [0, 0.05) is 12.6 Å². The van der Waals surface area contributed by atoms with Gasteiger partial charge in [0.15, 0.2) is 0 Å². The Bertz CT molecular complexity index is 477. The van der Waals surface area contributed by atoms with Gasteiger partial charge in [0.2, 0.25) is 0 Å². The van der Waals surface area contributed by atoms with E-state index < -0.39 is 29.4 Å². The molecule has 1 aromatic rings. The third-order valence-corrected chi connectivity index (χ3v) is 2.67. The number of carbonyl (C=O) groups is 2. The van der Waals surface area contributed by atoms with E-state index in [2.05, 4.69) is 5.32 Å². The molecule has 104 valence electrons. The van der Waals surface area contributed by atoms with Gasteiger partial charge in [0.05, 0.1) is 11.5 Å². The Labute approximate surface area is 109 Å². The van der Waals surface area contributed by atoms with E-state index in [1.807, 2.05) is 6.92 Å². The lowest BCUT2D eigenvalue weighted by molar-refractivity contribution is -0.141. The number of rotatable bonds is 6. The zero-order chi connectivity index (χ0) is 14.4. The van der Waals surface area contributed by atoms with Gasteiger partial charge in [-0.1, -0.05) is 13.3 Å². The van der Waals surface area contributed by atoms with Crippen molar-refractivity contribution in [1.29, 1.82) is 0 Å². The molecule has 1 aromatic carbocycles. The van der Waals surface area contributed by atoms with E-state index in [4.69, 9.17) is 5.11 Å². The van der Waals surface area contributed by atoms with Crippen molar-refractivity contribution in [3.63, 3.8) is 0 Å². The molecule has 0 saturated carbocycles. The Balaban J connectivity index is 2.66. The number of amides is 1. The van der Waals surface area contributed by atoms with Crippen LogP contribution in [0.3, 0.4) is 0 Å². The van der Waals surface area contributed by atoms with E-state index in [0.29, 0.717) is 18.9 Å². The molecule has 0 heterocycles. The zero-order valence-corrected chi connectivity index (χ0v) is 10.5. The normalized spacial score (nSPS) is 11.9. The fourth-order valence-corrected chi connectivity index (χ4v) is 1.65. The first kappa shape index (κ1) is 15.1.